The number of methoxy groups -OCH3 is 1. The minimum Gasteiger partial charge on any atom is -0.497 e. The molecule has 3 heterocycles. The molecule has 1 amide bonds. The number of nitrogens with one attached hydrogen (secondary N) is 1. The van der Waals surface area contributed by atoms with E-state index in [-0.39, 0.29) is 5.91 Å². The summed E-state index contributed by atoms with van der Waals surface area (Å²) in [6.45, 7) is 3.07. The molecular weight excluding hydrogens is 354 g/mol. The maximum absolute atomic E-state index is 12.6. The topological polar surface area (TPSA) is 59.6 Å². The van der Waals surface area contributed by atoms with E-state index < -0.39 is 0 Å². The second-order valence-electron chi connectivity index (χ2n) is 7.13. The first-order chi connectivity index (χ1) is 13.6. The predicted molar refractivity (Wildman–Crippen MR) is 106 cm³/mol. The third-order valence-corrected chi connectivity index (χ3v) is 5.28. The molecule has 0 fully saturated rings. The molecular formula is C22H25N3O3. The normalized spacial score (nSPS) is 13.9. The van der Waals surface area contributed by atoms with Gasteiger partial charge in [-0.1, -0.05) is 12.1 Å². The minimum absolute atomic E-state index is 0.0763. The van der Waals surface area contributed by atoms with Crippen LogP contribution in [0.5, 0.6) is 5.75 Å². The van der Waals surface area contributed by atoms with E-state index in [4.69, 9.17) is 9.15 Å². The summed E-state index contributed by atoms with van der Waals surface area (Å²) in [5.41, 5.74) is 4.39. The monoisotopic (exact) mass is 379 g/mol. The van der Waals surface area contributed by atoms with E-state index in [1.807, 2.05) is 41.9 Å². The van der Waals surface area contributed by atoms with Crippen molar-refractivity contribution < 1.29 is 13.9 Å². The number of carbonyl (C=O) groups excluding carboxylic acids is 1. The van der Waals surface area contributed by atoms with Crippen molar-refractivity contribution in [1.82, 2.24) is 14.8 Å². The molecule has 0 atom stereocenters. The number of furan rings is 1. The lowest BCUT2D eigenvalue weighted by molar-refractivity contribution is 0.0939. The number of aromatic nitrogens is 1. The van der Waals surface area contributed by atoms with Gasteiger partial charge in [0, 0.05) is 38.8 Å². The molecule has 28 heavy (non-hydrogen) atoms. The van der Waals surface area contributed by atoms with Crippen molar-refractivity contribution in [3.63, 3.8) is 0 Å². The highest BCUT2D eigenvalue weighted by molar-refractivity contribution is 5.93. The molecule has 4 rings (SSSR count). The van der Waals surface area contributed by atoms with Gasteiger partial charge in [0.25, 0.3) is 5.91 Å². The number of ether oxygens (including phenoxy) is 1. The highest BCUT2D eigenvalue weighted by Crippen LogP contribution is 2.24. The Hall–Kier alpha value is -2.99. The number of rotatable bonds is 6. The van der Waals surface area contributed by atoms with E-state index in [1.165, 1.54) is 16.8 Å². The zero-order valence-corrected chi connectivity index (χ0v) is 16.3. The highest BCUT2D eigenvalue weighted by Gasteiger charge is 2.23. The maximum Gasteiger partial charge on any atom is 0.268 e. The van der Waals surface area contributed by atoms with Crippen molar-refractivity contribution in [2.45, 2.75) is 26.1 Å². The van der Waals surface area contributed by atoms with E-state index in [1.54, 1.807) is 13.4 Å². The van der Waals surface area contributed by atoms with Gasteiger partial charge in [-0.3, -0.25) is 9.69 Å². The van der Waals surface area contributed by atoms with Crippen LogP contribution in [0.15, 0.2) is 53.1 Å². The third-order valence-electron chi connectivity index (χ3n) is 5.28. The maximum atomic E-state index is 12.6. The quantitative estimate of drug-likeness (QED) is 0.715. The van der Waals surface area contributed by atoms with Crippen LogP contribution in [0.25, 0.3) is 0 Å². The molecule has 0 unspecified atom stereocenters. The lowest BCUT2D eigenvalue weighted by atomic mass is 10.1. The first kappa shape index (κ1) is 18.4. The number of amides is 1. The SMILES string of the molecule is COc1cccc(CN2CCc3c(cc(C(=O)NCc4ccco4)n3C)C2)c1. The molecule has 0 saturated heterocycles. The highest BCUT2D eigenvalue weighted by atomic mass is 16.5. The molecule has 0 bridgehead atoms. The van der Waals surface area contributed by atoms with Crippen molar-refractivity contribution in [3.05, 3.63) is 77.0 Å². The summed E-state index contributed by atoms with van der Waals surface area (Å²) in [7, 11) is 3.66. The van der Waals surface area contributed by atoms with Gasteiger partial charge in [0.1, 0.15) is 17.2 Å². The Bertz CT molecular complexity index is 960. The number of benzene rings is 1. The van der Waals surface area contributed by atoms with Crippen molar-refractivity contribution in [1.29, 1.82) is 0 Å². The lowest BCUT2D eigenvalue weighted by Gasteiger charge is -2.27. The van der Waals surface area contributed by atoms with E-state index in [0.717, 1.165) is 37.6 Å². The number of carbonyl (C=O) groups is 1. The molecule has 0 spiro atoms. The Labute approximate surface area is 164 Å². The van der Waals surface area contributed by atoms with Gasteiger partial charge in [0.15, 0.2) is 0 Å². The Kier molecular flexibility index (Phi) is 5.21. The number of hydrogen-bond acceptors (Lipinski definition) is 4. The van der Waals surface area contributed by atoms with Gasteiger partial charge in [-0.05, 0) is 41.5 Å². The molecule has 0 aliphatic carbocycles. The fourth-order valence-corrected chi connectivity index (χ4v) is 3.81. The summed E-state index contributed by atoms with van der Waals surface area (Å²) in [6.07, 6.45) is 2.54. The summed E-state index contributed by atoms with van der Waals surface area (Å²) < 4.78 is 12.6. The van der Waals surface area contributed by atoms with E-state index in [0.29, 0.717) is 12.2 Å². The van der Waals surface area contributed by atoms with Crippen LogP contribution in [0.4, 0.5) is 0 Å². The fraction of sp³-hybridized carbons (Fsp3) is 0.318. The van der Waals surface area contributed by atoms with Crippen molar-refractivity contribution in [3.8, 4) is 5.75 Å². The smallest absolute Gasteiger partial charge is 0.268 e. The second-order valence-corrected chi connectivity index (χ2v) is 7.13. The summed E-state index contributed by atoms with van der Waals surface area (Å²) in [5.74, 6) is 1.55. The van der Waals surface area contributed by atoms with Crippen LogP contribution in [0.2, 0.25) is 0 Å². The van der Waals surface area contributed by atoms with Crippen LogP contribution in [0, 0.1) is 0 Å². The Morgan fingerprint density at radius 1 is 1.25 bits per heavy atom. The van der Waals surface area contributed by atoms with Crippen LogP contribution in [0.1, 0.15) is 33.1 Å². The Balaban J connectivity index is 1.44. The summed E-state index contributed by atoms with van der Waals surface area (Å²) in [5, 5.41) is 2.93. The Morgan fingerprint density at radius 3 is 2.93 bits per heavy atom. The summed E-state index contributed by atoms with van der Waals surface area (Å²) in [4.78, 5) is 15.0. The summed E-state index contributed by atoms with van der Waals surface area (Å²) in [6, 6.07) is 13.9. The fourth-order valence-electron chi connectivity index (χ4n) is 3.81. The zero-order chi connectivity index (χ0) is 19.5. The van der Waals surface area contributed by atoms with Crippen molar-refractivity contribution in [2.75, 3.05) is 13.7 Å². The molecule has 3 aromatic rings. The van der Waals surface area contributed by atoms with Gasteiger partial charge in [0.05, 0.1) is 19.9 Å². The third kappa shape index (κ3) is 3.82. The van der Waals surface area contributed by atoms with E-state index >= 15 is 0 Å². The van der Waals surface area contributed by atoms with Gasteiger partial charge in [0.2, 0.25) is 0 Å². The predicted octanol–water partition coefficient (Wildman–Crippen LogP) is 3.12. The Morgan fingerprint density at radius 2 is 2.14 bits per heavy atom. The van der Waals surface area contributed by atoms with Crippen LogP contribution in [-0.2, 0) is 33.1 Å². The lowest BCUT2D eigenvalue weighted by Crippen LogP contribution is -2.30. The molecule has 6 heteroatoms. The van der Waals surface area contributed by atoms with Crippen LogP contribution < -0.4 is 10.1 Å². The molecule has 1 N–H and O–H groups in total. The van der Waals surface area contributed by atoms with Crippen LogP contribution in [0.3, 0.4) is 0 Å². The molecule has 2 aromatic heterocycles. The van der Waals surface area contributed by atoms with Crippen molar-refractivity contribution in [2.24, 2.45) is 7.05 Å². The average Bonchev–Trinajstić information content (AvgIpc) is 3.34. The van der Waals surface area contributed by atoms with Gasteiger partial charge in [-0.25, -0.2) is 0 Å². The van der Waals surface area contributed by atoms with Crippen molar-refractivity contribution >= 4 is 5.91 Å². The van der Waals surface area contributed by atoms with E-state index in [2.05, 4.69) is 22.3 Å². The molecule has 0 saturated carbocycles. The molecule has 6 nitrogen and oxygen atoms in total. The molecule has 0 radical (unpaired) electrons. The first-order valence-corrected chi connectivity index (χ1v) is 9.47. The first-order valence-electron chi connectivity index (χ1n) is 9.47. The largest absolute Gasteiger partial charge is 0.497 e. The number of fused-ring (bicyclic) bond motifs is 1. The molecule has 1 aliphatic rings. The number of hydrogen-bond donors (Lipinski definition) is 1. The molecule has 146 valence electrons. The standard InChI is InChI=1S/C22H25N3O3/c1-24-20-8-9-25(14-16-5-3-6-18(11-16)27-2)15-17(20)12-21(24)22(26)23-13-19-7-4-10-28-19/h3-7,10-12H,8-9,13-15H2,1-2H3,(H,23,26). The van der Waals surface area contributed by atoms with Gasteiger partial charge < -0.3 is 19.0 Å². The van der Waals surface area contributed by atoms with Crippen LogP contribution >= 0.6 is 0 Å². The molecule has 1 aliphatic heterocycles. The van der Waals surface area contributed by atoms with E-state index in [9.17, 15) is 4.79 Å². The average molecular weight is 379 g/mol. The summed E-state index contributed by atoms with van der Waals surface area (Å²) >= 11 is 0. The zero-order valence-electron chi connectivity index (χ0n) is 16.3. The minimum atomic E-state index is -0.0763. The van der Waals surface area contributed by atoms with Gasteiger partial charge in [-0.15, -0.1) is 0 Å². The second kappa shape index (κ2) is 7.94. The van der Waals surface area contributed by atoms with Gasteiger partial charge in [-0.2, -0.15) is 0 Å². The number of nitrogens with zero attached hydrogens (tertiary/aromatic N) is 2. The van der Waals surface area contributed by atoms with Crippen LogP contribution in [-0.4, -0.2) is 29.0 Å². The van der Waals surface area contributed by atoms with Gasteiger partial charge >= 0.3 is 0 Å². The molecule has 1 aromatic carbocycles.